The first-order chi connectivity index (χ1) is 7.33. The third-order valence-electron chi connectivity index (χ3n) is 2.45. The zero-order valence-corrected chi connectivity index (χ0v) is 10.2. The lowest BCUT2D eigenvalue weighted by Gasteiger charge is -1.99. The summed E-state index contributed by atoms with van der Waals surface area (Å²) in [6.45, 7) is 2.21. The number of halogens is 1. The number of rotatable bonds is 4. The molecule has 0 amide bonds. The Labute approximate surface area is 98.3 Å². The van der Waals surface area contributed by atoms with Gasteiger partial charge in [0.2, 0.25) is 0 Å². The minimum Gasteiger partial charge on any atom is -0.225 e. The number of unbranched alkanes of at least 4 members (excludes halogenated alkanes) is 2. The van der Waals surface area contributed by atoms with Crippen LogP contribution in [0.4, 0.5) is 0 Å². The monoisotopic (exact) mass is 240 g/mol. The second kappa shape index (κ2) is 4.90. The second-order valence-electron chi connectivity index (χ2n) is 3.56. The highest BCUT2D eigenvalue weighted by atomic mass is 35.5. The molecule has 0 fully saturated rings. The zero-order chi connectivity index (χ0) is 10.7. The van der Waals surface area contributed by atoms with E-state index in [1.54, 1.807) is 11.3 Å². The highest BCUT2D eigenvalue weighted by Gasteiger charge is 2.08. The van der Waals surface area contributed by atoms with Gasteiger partial charge in [0.05, 0.1) is 5.39 Å². The van der Waals surface area contributed by atoms with E-state index >= 15 is 0 Å². The van der Waals surface area contributed by atoms with Gasteiger partial charge in [0.25, 0.3) is 0 Å². The van der Waals surface area contributed by atoms with E-state index in [9.17, 15) is 0 Å². The van der Waals surface area contributed by atoms with E-state index in [2.05, 4.69) is 22.3 Å². The van der Waals surface area contributed by atoms with Crippen LogP contribution in [0.3, 0.4) is 0 Å². The van der Waals surface area contributed by atoms with E-state index in [0.29, 0.717) is 5.15 Å². The van der Waals surface area contributed by atoms with Gasteiger partial charge in [-0.1, -0.05) is 31.4 Å². The average Bonchev–Trinajstić information content (AvgIpc) is 2.63. The van der Waals surface area contributed by atoms with E-state index in [-0.39, 0.29) is 0 Å². The van der Waals surface area contributed by atoms with Crippen LogP contribution in [0.15, 0.2) is 11.7 Å². The Morgan fingerprint density at radius 2 is 2.20 bits per heavy atom. The lowest BCUT2D eigenvalue weighted by Crippen LogP contribution is -1.86. The molecule has 80 valence electrons. The van der Waals surface area contributed by atoms with Crippen LogP contribution in [0, 0.1) is 0 Å². The third kappa shape index (κ3) is 2.29. The highest BCUT2D eigenvalue weighted by molar-refractivity contribution is 7.17. The molecule has 0 N–H and O–H groups in total. The van der Waals surface area contributed by atoms with Gasteiger partial charge in [-0.3, -0.25) is 0 Å². The van der Waals surface area contributed by atoms with Crippen molar-refractivity contribution in [2.45, 2.75) is 32.6 Å². The largest absolute Gasteiger partial charge is 0.225 e. The molecular weight excluding hydrogens is 228 g/mol. The van der Waals surface area contributed by atoms with Gasteiger partial charge in [-0.25, -0.2) is 9.97 Å². The number of fused-ring (bicyclic) bond motifs is 1. The van der Waals surface area contributed by atoms with Crippen LogP contribution in [0.25, 0.3) is 10.2 Å². The maximum atomic E-state index is 6.07. The Bertz CT molecular complexity index is 453. The van der Waals surface area contributed by atoms with Gasteiger partial charge < -0.3 is 0 Å². The fraction of sp³-hybridized carbons (Fsp3) is 0.455. The van der Waals surface area contributed by atoms with E-state index in [1.807, 2.05) is 0 Å². The summed E-state index contributed by atoms with van der Waals surface area (Å²) in [6.07, 6.45) is 6.33. The SMILES string of the molecule is CCCCCc1csc2ncnc(Cl)c12. The molecule has 0 aliphatic carbocycles. The molecule has 2 rings (SSSR count). The van der Waals surface area contributed by atoms with Crippen LogP contribution in [0.1, 0.15) is 31.7 Å². The normalized spacial score (nSPS) is 11.1. The van der Waals surface area contributed by atoms with Crippen molar-refractivity contribution in [3.8, 4) is 0 Å². The first kappa shape index (κ1) is 10.8. The minimum absolute atomic E-state index is 0.591. The summed E-state index contributed by atoms with van der Waals surface area (Å²) < 4.78 is 0. The molecule has 0 aromatic carbocycles. The molecule has 15 heavy (non-hydrogen) atoms. The van der Waals surface area contributed by atoms with E-state index in [1.165, 1.54) is 31.2 Å². The van der Waals surface area contributed by atoms with Gasteiger partial charge in [-0.05, 0) is 23.8 Å². The van der Waals surface area contributed by atoms with Gasteiger partial charge >= 0.3 is 0 Å². The first-order valence-electron chi connectivity index (χ1n) is 5.19. The summed E-state index contributed by atoms with van der Waals surface area (Å²) in [4.78, 5) is 9.24. The summed E-state index contributed by atoms with van der Waals surface area (Å²) in [5.74, 6) is 0. The van der Waals surface area contributed by atoms with Gasteiger partial charge in [-0.2, -0.15) is 0 Å². The highest BCUT2D eigenvalue weighted by Crippen LogP contribution is 2.29. The molecule has 0 aliphatic rings. The Balaban J connectivity index is 2.27. The maximum absolute atomic E-state index is 6.07. The number of thiophene rings is 1. The van der Waals surface area contributed by atoms with Crippen LogP contribution in [-0.4, -0.2) is 9.97 Å². The van der Waals surface area contributed by atoms with E-state index in [4.69, 9.17) is 11.6 Å². The minimum atomic E-state index is 0.591. The van der Waals surface area contributed by atoms with E-state index < -0.39 is 0 Å². The lowest BCUT2D eigenvalue weighted by atomic mass is 10.1. The predicted molar refractivity (Wildman–Crippen MR) is 65.7 cm³/mol. The predicted octanol–water partition coefficient (Wildman–Crippen LogP) is 4.08. The standard InChI is InChI=1S/C11H13ClN2S/c1-2-3-4-5-8-6-15-11-9(8)10(12)13-7-14-11/h6-7H,2-5H2,1H3. The molecule has 4 heteroatoms. The van der Waals surface area contributed by atoms with Crippen LogP contribution < -0.4 is 0 Å². The summed E-state index contributed by atoms with van der Waals surface area (Å²) in [5.41, 5.74) is 1.30. The molecule has 0 saturated heterocycles. The second-order valence-corrected chi connectivity index (χ2v) is 4.78. The van der Waals surface area contributed by atoms with Crippen molar-refractivity contribution in [3.63, 3.8) is 0 Å². The molecule has 0 radical (unpaired) electrons. The molecule has 0 saturated carbocycles. The van der Waals surface area contributed by atoms with Crippen molar-refractivity contribution < 1.29 is 0 Å². The number of hydrogen-bond donors (Lipinski definition) is 0. The van der Waals surface area contributed by atoms with Crippen molar-refractivity contribution in [2.75, 3.05) is 0 Å². The molecule has 2 aromatic heterocycles. The molecule has 0 bridgehead atoms. The van der Waals surface area contributed by atoms with Crippen molar-refractivity contribution in [3.05, 3.63) is 22.4 Å². The van der Waals surface area contributed by atoms with Crippen molar-refractivity contribution in [2.24, 2.45) is 0 Å². The fourth-order valence-corrected chi connectivity index (χ4v) is 2.90. The molecule has 2 aromatic rings. The van der Waals surface area contributed by atoms with Crippen LogP contribution in [0.2, 0.25) is 5.15 Å². The Morgan fingerprint density at radius 3 is 3.00 bits per heavy atom. The molecule has 0 atom stereocenters. The van der Waals surface area contributed by atoms with Gasteiger partial charge in [0.1, 0.15) is 16.3 Å². The van der Waals surface area contributed by atoms with Crippen LogP contribution >= 0.6 is 22.9 Å². The number of aromatic nitrogens is 2. The average molecular weight is 241 g/mol. The summed E-state index contributed by atoms with van der Waals surface area (Å²) >= 11 is 7.72. The third-order valence-corrected chi connectivity index (χ3v) is 3.67. The van der Waals surface area contributed by atoms with Gasteiger partial charge in [0, 0.05) is 0 Å². The quantitative estimate of drug-likeness (QED) is 0.595. The number of hydrogen-bond acceptors (Lipinski definition) is 3. The lowest BCUT2D eigenvalue weighted by molar-refractivity contribution is 0.720. The first-order valence-corrected chi connectivity index (χ1v) is 6.45. The summed E-state index contributed by atoms with van der Waals surface area (Å²) in [6, 6.07) is 0. The zero-order valence-electron chi connectivity index (χ0n) is 8.66. The van der Waals surface area contributed by atoms with Gasteiger partial charge in [0.15, 0.2) is 0 Å². The van der Waals surface area contributed by atoms with E-state index in [0.717, 1.165) is 16.6 Å². The summed E-state index contributed by atoms with van der Waals surface area (Å²) in [5, 5.41) is 3.80. The topological polar surface area (TPSA) is 25.8 Å². The number of aryl methyl sites for hydroxylation is 1. The molecule has 2 heterocycles. The maximum Gasteiger partial charge on any atom is 0.141 e. The Morgan fingerprint density at radius 1 is 1.33 bits per heavy atom. The van der Waals surface area contributed by atoms with Crippen molar-refractivity contribution in [1.29, 1.82) is 0 Å². The van der Waals surface area contributed by atoms with Crippen LogP contribution in [-0.2, 0) is 6.42 Å². The molecule has 0 unspecified atom stereocenters. The van der Waals surface area contributed by atoms with Crippen LogP contribution in [0.5, 0.6) is 0 Å². The Kier molecular flexibility index (Phi) is 3.54. The summed E-state index contributed by atoms with van der Waals surface area (Å²) in [7, 11) is 0. The smallest absolute Gasteiger partial charge is 0.141 e. The van der Waals surface area contributed by atoms with Crippen molar-refractivity contribution >= 4 is 33.2 Å². The molecule has 2 nitrogen and oxygen atoms in total. The Hall–Kier alpha value is -0.670. The fourth-order valence-electron chi connectivity index (χ4n) is 1.64. The van der Waals surface area contributed by atoms with Gasteiger partial charge in [-0.15, -0.1) is 11.3 Å². The molecular formula is C11H13ClN2S. The van der Waals surface area contributed by atoms with Crippen molar-refractivity contribution in [1.82, 2.24) is 9.97 Å². The number of nitrogens with zero attached hydrogens (tertiary/aromatic N) is 2. The molecule has 0 spiro atoms. The molecule has 0 aliphatic heterocycles.